The zero-order valence-electron chi connectivity index (χ0n) is 21.1. The van der Waals surface area contributed by atoms with Crippen LogP contribution in [0.25, 0.3) is 6.08 Å². The van der Waals surface area contributed by atoms with Crippen molar-refractivity contribution in [1.29, 1.82) is 0 Å². The Labute approximate surface area is 216 Å². The first-order valence-electron chi connectivity index (χ1n) is 11.5. The number of fused-ring (bicyclic) bond motifs is 1. The van der Waals surface area contributed by atoms with Gasteiger partial charge in [-0.25, -0.2) is 9.79 Å². The zero-order chi connectivity index (χ0) is 26.7. The Hall–Kier alpha value is -4.18. The van der Waals surface area contributed by atoms with E-state index in [4.69, 9.17) is 18.9 Å². The molecule has 192 valence electrons. The number of hydrogen-bond acceptors (Lipinski definition) is 9. The van der Waals surface area contributed by atoms with Crippen LogP contribution in [-0.2, 0) is 14.3 Å². The first kappa shape index (κ1) is 25.9. The lowest BCUT2D eigenvalue weighted by Crippen LogP contribution is -2.39. The van der Waals surface area contributed by atoms with Gasteiger partial charge in [0.2, 0.25) is 0 Å². The first-order valence-corrected chi connectivity index (χ1v) is 12.3. The molecule has 0 bridgehead atoms. The second-order valence-corrected chi connectivity index (χ2v) is 9.09. The van der Waals surface area contributed by atoms with Gasteiger partial charge in [0, 0.05) is 6.92 Å². The Morgan fingerprint density at radius 3 is 2.41 bits per heavy atom. The quantitative estimate of drug-likeness (QED) is 0.347. The maximum absolute atomic E-state index is 13.7. The number of nitrogens with zero attached hydrogens (tertiary/aromatic N) is 2. The molecule has 0 radical (unpaired) electrons. The summed E-state index contributed by atoms with van der Waals surface area (Å²) in [7, 11) is 3.10. The average Bonchev–Trinajstić information content (AvgIpc) is 3.17. The van der Waals surface area contributed by atoms with Crippen molar-refractivity contribution in [2.24, 2.45) is 4.99 Å². The minimum Gasteiger partial charge on any atom is -0.493 e. The fourth-order valence-corrected chi connectivity index (χ4v) is 5.13. The number of ether oxygens (including phenoxy) is 4. The summed E-state index contributed by atoms with van der Waals surface area (Å²) in [6, 6.07) is 11.3. The molecule has 9 nitrogen and oxygen atoms in total. The summed E-state index contributed by atoms with van der Waals surface area (Å²) in [6.45, 7) is 4.93. The molecule has 37 heavy (non-hydrogen) atoms. The van der Waals surface area contributed by atoms with E-state index in [0.717, 1.165) is 5.56 Å². The van der Waals surface area contributed by atoms with Crippen LogP contribution in [0.3, 0.4) is 0 Å². The van der Waals surface area contributed by atoms with Crippen LogP contribution in [0.1, 0.15) is 37.9 Å². The molecule has 1 unspecified atom stereocenters. The first-order chi connectivity index (χ1) is 17.8. The van der Waals surface area contributed by atoms with Crippen LogP contribution >= 0.6 is 11.3 Å². The van der Waals surface area contributed by atoms with Gasteiger partial charge in [0.05, 0.1) is 42.7 Å². The number of carbonyl (C=O) groups is 2. The largest absolute Gasteiger partial charge is 0.493 e. The molecule has 4 rings (SSSR count). The van der Waals surface area contributed by atoms with Crippen molar-refractivity contribution in [1.82, 2.24) is 4.57 Å². The predicted molar refractivity (Wildman–Crippen MR) is 138 cm³/mol. The number of thiazole rings is 1. The van der Waals surface area contributed by atoms with Crippen molar-refractivity contribution in [2.45, 2.75) is 26.8 Å². The van der Waals surface area contributed by atoms with E-state index in [0.29, 0.717) is 37.8 Å². The molecule has 1 aliphatic rings. The van der Waals surface area contributed by atoms with Gasteiger partial charge in [-0.3, -0.25) is 14.2 Å². The smallest absolute Gasteiger partial charge is 0.338 e. The summed E-state index contributed by atoms with van der Waals surface area (Å²) in [4.78, 5) is 43.1. The fourth-order valence-electron chi connectivity index (χ4n) is 4.09. The lowest BCUT2D eigenvalue weighted by atomic mass is 9.96. The van der Waals surface area contributed by atoms with Gasteiger partial charge in [-0.15, -0.1) is 0 Å². The molecular formula is C27H26N2O7S. The molecule has 1 atom stereocenters. The number of hydrogen-bond donors (Lipinski definition) is 0. The number of benzene rings is 2. The second-order valence-electron chi connectivity index (χ2n) is 8.08. The Morgan fingerprint density at radius 2 is 1.78 bits per heavy atom. The maximum Gasteiger partial charge on any atom is 0.338 e. The second kappa shape index (κ2) is 10.8. The van der Waals surface area contributed by atoms with Crippen LogP contribution in [0.5, 0.6) is 17.2 Å². The van der Waals surface area contributed by atoms with Crippen molar-refractivity contribution in [3.8, 4) is 17.2 Å². The Balaban J connectivity index is 1.89. The molecule has 0 saturated heterocycles. The Bertz CT molecular complexity index is 1570. The third-order valence-electron chi connectivity index (χ3n) is 5.68. The molecule has 0 saturated carbocycles. The van der Waals surface area contributed by atoms with Gasteiger partial charge < -0.3 is 18.9 Å². The fraction of sp³-hybridized carbons (Fsp3) is 0.259. The highest BCUT2D eigenvalue weighted by Gasteiger charge is 2.33. The van der Waals surface area contributed by atoms with Gasteiger partial charge >= 0.3 is 11.9 Å². The topological polar surface area (TPSA) is 105 Å². The van der Waals surface area contributed by atoms with Crippen LogP contribution in [0.2, 0.25) is 0 Å². The number of esters is 2. The minimum atomic E-state index is -0.769. The van der Waals surface area contributed by atoms with E-state index in [1.54, 1.807) is 70.5 Å². The van der Waals surface area contributed by atoms with Crippen LogP contribution in [0.4, 0.5) is 0 Å². The number of rotatable bonds is 7. The molecule has 1 aromatic heterocycles. The number of carbonyl (C=O) groups excluding carboxylic acids is 2. The number of methoxy groups -OCH3 is 2. The lowest BCUT2D eigenvalue weighted by molar-refractivity contribution is -0.139. The summed E-state index contributed by atoms with van der Waals surface area (Å²) < 4.78 is 23.1. The normalized spacial score (nSPS) is 15.1. The summed E-state index contributed by atoms with van der Waals surface area (Å²) in [6.07, 6.45) is 1.75. The number of allylic oxidation sites excluding steroid dienone is 1. The highest BCUT2D eigenvalue weighted by atomic mass is 32.1. The minimum absolute atomic E-state index is 0.178. The third kappa shape index (κ3) is 5.19. The molecular weight excluding hydrogens is 496 g/mol. The van der Waals surface area contributed by atoms with E-state index >= 15 is 0 Å². The van der Waals surface area contributed by atoms with Gasteiger partial charge in [0.15, 0.2) is 16.3 Å². The van der Waals surface area contributed by atoms with E-state index in [1.807, 2.05) is 6.07 Å². The van der Waals surface area contributed by atoms with Gasteiger partial charge in [0.1, 0.15) is 5.75 Å². The van der Waals surface area contributed by atoms with E-state index < -0.39 is 18.0 Å². The summed E-state index contributed by atoms with van der Waals surface area (Å²) >= 11 is 1.22. The standard InChI is InChI=1S/C27H26N2O7S/c1-6-35-26(32)23-15(2)28-27-29(24(23)18-8-10-19(11-9-18)36-16(3)30)25(31)22(37-27)14-17-7-12-20(33-4)21(13-17)34-5/h7-14,24H,6H2,1-5H3/b22-14+. The van der Waals surface area contributed by atoms with Gasteiger partial charge in [-0.1, -0.05) is 29.5 Å². The van der Waals surface area contributed by atoms with Gasteiger partial charge in [-0.2, -0.15) is 0 Å². The van der Waals surface area contributed by atoms with Crippen LogP contribution in [-0.4, -0.2) is 37.3 Å². The summed E-state index contributed by atoms with van der Waals surface area (Å²) in [5.74, 6) is 0.476. The summed E-state index contributed by atoms with van der Waals surface area (Å²) in [5.41, 5.74) is 1.82. The zero-order valence-corrected chi connectivity index (χ0v) is 21.9. The number of aromatic nitrogens is 1. The Kier molecular flexibility index (Phi) is 7.58. The average molecular weight is 523 g/mol. The van der Waals surface area contributed by atoms with Crippen molar-refractivity contribution >= 4 is 29.4 Å². The van der Waals surface area contributed by atoms with Crippen molar-refractivity contribution < 1.29 is 28.5 Å². The Morgan fingerprint density at radius 1 is 1.08 bits per heavy atom. The van der Waals surface area contributed by atoms with E-state index in [-0.39, 0.29) is 17.7 Å². The lowest BCUT2D eigenvalue weighted by Gasteiger charge is -2.24. The van der Waals surface area contributed by atoms with Crippen LogP contribution in [0.15, 0.2) is 63.5 Å². The molecule has 2 heterocycles. The van der Waals surface area contributed by atoms with Crippen molar-refractivity contribution in [3.05, 3.63) is 84.5 Å². The van der Waals surface area contributed by atoms with Crippen molar-refractivity contribution in [3.63, 3.8) is 0 Å². The molecule has 0 spiro atoms. The monoisotopic (exact) mass is 522 g/mol. The molecule has 10 heteroatoms. The van der Waals surface area contributed by atoms with Crippen molar-refractivity contribution in [2.75, 3.05) is 20.8 Å². The highest BCUT2D eigenvalue weighted by molar-refractivity contribution is 7.07. The summed E-state index contributed by atoms with van der Waals surface area (Å²) in [5, 5.41) is 0. The molecule has 0 amide bonds. The van der Waals surface area contributed by atoms with E-state index in [1.165, 1.54) is 22.8 Å². The molecule has 0 aliphatic carbocycles. The van der Waals surface area contributed by atoms with Gasteiger partial charge in [-0.05, 0) is 55.3 Å². The maximum atomic E-state index is 13.7. The molecule has 0 N–H and O–H groups in total. The third-order valence-corrected chi connectivity index (χ3v) is 6.66. The van der Waals surface area contributed by atoms with Crippen LogP contribution in [0, 0.1) is 0 Å². The molecule has 2 aromatic carbocycles. The van der Waals surface area contributed by atoms with E-state index in [2.05, 4.69) is 4.99 Å². The SMILES string of the molecule is CCOC(=O)C1=C(C)N=c2s/c(=C/c3ccc(OC)c(OC)c3)c(=O)n2C1c1ccc(OC(C)=O)cc1. The van der Waals surface area contributed by atoms with Gasteiger partial charge in [0.25, 0.3) is 5.56 Å². The van der Waals surface area contributed by atoms with E-state index in [9.17, 15) is 14.4 Å². The van der Waals surface area contributed by atoms with Crippen LogP contribution < -0.4 is 29.1 Å². The predicted octanol–water partition coefficient (Wildman–Crippen LogP) is 2.74. The molecule has 1 aliphatic heterocycles. The highest BCUT2D eigenvalue weighted by Crippen LogP contribution is 2.32. The molecule has 3 aromatic rings. The molecule has 0 fully saturated rings.